The van der Waals surface area contributed by atoms with Gasteiger partial charge in [0, 0.05) is 32.7 Å². The Morgan fingerprint density at radius 1 is 1.23 bits per heavy atom. The second kappa shape index (κ2) is 10.7. The second-order valence-corrected chi connectivity index (χ2v) is 9.02. The molecular formula is C22H27ClN4O3S. The smallest absolute Gasteiger partial charge is 0.265 e. The number of halogens is 1. The largest absolute Gasteiger partial charge is 0.352 e. The van der Waals surface area contributed by atoms with E-state index in [1.54, 1.807) is 49.3 Å². The third-order valence-corrected chi connectivity index (χ3v) is 6.42. The van der Waals surface area contributed by atoms with Crippen LogP contribution in [0.25, 0.3) is 0 Å². The zero-order chi connectivity index (χ0) is 22.4. The molecule has 0 aliphatic carbocycles. The predicted molar refractivity (Wildman–Crippen MR) is 124 cm³/mol. The number of nitrogens with zero attached hydrogens (tertiary/aromatic N) is 2. The van der Waals surface area contributed by atoms with Gasteiger partial charge in [0.15, 0.2) is 0 Å². The van der Waals surface area contributed by atoms with Gasteiger partial charge in [-0.2, -0.15) is 0 Å². The minimum atomic E-state index is -0.262. The lowest BCUT2D eigenvalue weighted by molar-refractivity contribution is -0.133. The van der Waals surface area contributed by atoms with Gasteiger partial charge in [-0.25, -0.2) is 0 Å². The Kier molecular flexibility index (Phi) is 8.06. The Hall–Kier alpha value is -2.42. The summed E-state index contributed by atoms with van der Waals surface area (Å²) in [5.74, 6) is -0.354. The monoisotopic (exact) mass is 462 g/mol. The van der Waals surface area contributed by atoms with Crippen LogP contribution in [-0.2, 0) is 4.79 Å². The zero-order valence-corrected chi connectivity index (χ0v) is 19.3. The number of thiophene rings is 1. The molecule has 1 aromatic carbocycles. The summed E-state index contributed by atoms with van der Waals surface area (Å²) >= 11 is 7.52. The number of amides is 3. The molecule has 0 radical (unpaired) electrons. The number of nitrogens with one attached hydrogen (secondary N) is 2. The highest BCUT2D eigenvalue weighted by Gasteiger charge is 2.31. The molecule has 2 heterocycles. The molecule has 166 valence electrons. The summed E-state index contributed by atoms with van der Waals surface area (Å²) in [6, 6.07) is 8.27. The summed E-state index contributed by atoms with van der Waals surface area (Å²) in [5.41, 5.74) is 0.822. The third kappa shape index (κ3) is 6.06. The van der Waals surface area contributed by atoms with Crippen molar-refractivity contribution in [1.29, 1.82) is 0 Å². The van der Waals surface area contributed by atoms with Gasteiger partial charge in [0.2, 0.25) is 5.91 Å². The number of benzene rings is 1. The van der Waals surface area contributed by atoms with E-state index in [0.717, 1.165) is 32.4 Å². The molecule has 1 atom stereocenters. The summed E-state index contributed by atoms with van der Waals surface area (Å²) in [6.45, 7) is 2.16. The van der Waals surface area contributed by atoms with Crippen molar-refractivity contribution in [3.63, 3.8) is 0 Å². The first-order valence-corrected chi connectivity index (χ1v) is 11.5. The van der Waals surface area contributed by atoms with E-state index in [2.05, 4.69) is 15.5 Å². The van der Waals surface area contributed by atoms with E-state index >= 15 is 0 Å². The highest BCUT2D eigenvalue weighted by atomic mass is 35.5. The molecule has 2 N–H and O–H groups in total. The molecule has 1 aliphatic heterocycles. The summed E-state index contributed by atoms with van der Waals surface area (Å²) in [7, 11) is 3.56. The molecule has 3 rings (SSSR count). The Morgan fingerprint density at radius 2 is 2.03 bits per heavy atom. The molecule has 0 bridgehead atoms. The van der Waals surface area contributed by atoms with Crippen LogP contribution in [0.1, 0.15) is 39.3 Å². The van der Waals surface area contributed by atoms with Crippen LogP contribution >= 0.6 is 22.9 Å². The van der Waals surface area contributed by atoms with Gasteiger partial charge in [-0.05, 0) is 55.5 Å². The average Bonchev–Trinajstić information content (AvgIpc) is 3.44. The highest BCUT2D eigenvalue weighted by Crippen LogP contribution is 2.24. The molecule has 1 aliphatic rings. The topological polar surface area (TPSA) is 81.8 Å². The number of hydrogen-bond acceptors (Lipinski definition) is 5. The van der Waals surface area contributed by atoms with Gasteiger partial charge >= 0.3 is 0 Å². The van der Waals surface area contributed by atoms with Crippen molar-refractivity contribution in [2.45, 2.75) is 25.3 Å². The van der Waals surface area contributed by atoms with Crippen LogP contribution in [0.3, 0.4) is 0 Å². The Morgan fingerprint density at radius 3 is 2.74 bits per heavy atom. The van der Waals surface area contributed by atoms with Gasteiger partial charge in [0.25, 0.3) is 11.8 Å². The second-order valence-electron chi connectivity index (χ2n) is 7.66. The molecule has 0 spiro atoms. The molecule has 0 saturated carbocycles. The van der Waals surface area contributed by atoms with Gasteiger partial charge < -0.3 is 15.5 Å². The summed E-state index contributed by atoms with van der Waals surface area (Å²) in [4.78, 5) is 41.5. The Bertz CT molecular complexity index is 933. The molecule has 9 heteroatoms. The Balaban J connectivity index is 1.50. The van der Waals surface area contributed by atoms with E-state index in [-0.39, 0.29) is 23.8 Å². The van der Waals surface area contributed by atoms with Crippen LogP contribution in [0.2, 0.25) is 5.02 Å². The maximum atomic E-state index is 12.5. The summed E-state index contributed by atoms with van der Waals surface area (Å²) < 4.78 is 0. The molecule has 1 aromatic heterocycles. The quantitative estimate of drug-likeness (QED) is 0.589. The fourth-order valence-corrected chi connectivity index (χ4v) is 4.40. The van der Waals surface area contributed by atoms with E-state index in [1.165, 1.54) is 11.3 Å². The van der Waals surface area contributed by atoms with Gasteiger partial charge in [0.1, 0.15) is 0 Å². The lowest BCUT2D eigenvalue weighted by atomic mass is 10.1. The van der Waals surface area contributed by atoms with Gasteiger partial charge in [-0.1, -0.05) is 17.7 Å². The van der Waals surface area contributed by atoms with E-state index in [1.807, 2.05) is 5.38 Å². The Labute approximate surface area is 191 Å². The molecule has 1 saturated heterocycles. The highest BCUT2D eigenvalue weighted by molar-refractivity contribution is 7.12. The summed E-state index contributed by atoms with van der Waals surface area (Å²) in [6.07, 6.45) is 2.65. The maximum absolute atomic E-state index is 12.5. The predicted octanol–water partition coefficient (Wildman–Crippen LogP) is 3.33. The van der Waals surface area contributed by atoms with E-state index in [4.69, 9.17) is 11.6 Å². The fourth-order valence-electron chi connectivity index (χ4n) is 3.61. The minimum absolute atomic E-state index is 0.0588. The lowest BCUT2D eigenvalue weighted by Crippen LogP contribution is -2.43. The minimum Gasteiger partial charge on any atom is -0.352 e. The van der Waals surface area contributed by atoms with Crippen molar-refractivity contribution < 1.29 is 14.4 Å². The molecular weight excluding hydrogens is 436 g/mol. The standard InChI is InChI=1S/C22H27ClN4O3S/c1-26(2)22(30)18-6-3-11-27(18)12-5-10-24-20(28)15-8-9-16(23)17(14-15)25-21(29)19-7-4-13-31-19/h4,7-9,13-14,18H,3,5-6,10-12H2,1-2H3,(H,24,28)(H,25,29)/t18-/m1/s1. The molecule has 2 aromatic rings. The van der Waals surface area contributed by atoms with Crippen molar-refractivity contribution in [1.82, 2.24) is 15.1 Å². The zero-order valence-electron chi connectivity index (χ0n) is 17.7. The number of carbonyl (C=O) groups is 3. The first-order chi connectivity index (χ1) is 14.9. The average molecular weight is 463 g/mol. The maximum Gasteiger partial charge on any atom is 0.265 e. The van der Waals surface area contributed by atoms with Crippen molar-refractivity contribution in [2.24, 2.45) is 0 Å². The van der Waals surface area contributed by atoms with Crippen LogP contribution in [0.15, 0.2) is 35.7 Å². The van der Waals surface area contributed by atoms with Crippen LogP contribution in [0, 0.1) is 0 Å². The van der Waals surface area contributed by atoms with Crippen LogP contribution in [0.5, 0.6) is 0 Å². The molecule has 1 fully saturated rings. The SMILES string of the molecule is CN(C)C(=O)[C@H]1CCCN1CCCNC(=O)c1ccc(Cl)c(NC(=O)c2cccs2)c1. The van der Waals surface area contributed by atoms with E-state index in [9.17, 15) is 14.4 Å². The normalized spacial score (nSPS) is 16.2. The molecule has 31 heavy (non-hydrogen) atoms. The van der Waals surface area contributed by atoms with Crippen molar-refractivity contribution >= 4 is 46.3 Å². The van der Waals surface area contributed by atoms with Crippen LogP contribution < -0.4 is 10.6 Å². The van der Waals surface area contributed by atoms with Gasteiger partial charge in [-0.3, -0.25) is 19.3 Å². The summed E-state index contributed by atoms with van der Waals surface area (Å²) in [5, 5.41) is 7.84. The van der Waals surface area contributed by atoms with E-state index in [0.29, 0.717) is 27.7 Å². The fraction of sp³-hybridized carbons (Fsp3) is 0.409. The van der Waals surface area contributed by atoms with Crippen molar-refractivity contribution in [3.05, 3.63) is 51.2 Å². The molecule has 3 amide bonds. The molecule has 7 nitrogen and oxygen atoms in total. The first kappa shape index (κ1) is 23.2. The third-order valence-electron chi connectivity index (χ3n) is 5.22. The van der Waals surface area contributed by atoms with Crippen molar-refractivity contribution in [2.75, 3.05) is 39.0 Å². The van der Waals surface area contributed by atoms with Gasteiger partial charge in [-0.15, -0.1) is 11.3 Å². The molecule has 0 unspecified atom stereocenters. The number of anilines is 1. The van der Waals surface area contributed by atoms with Gasteiger partial charge in [0.05, 0.1) is 21.6 Å². The number of carbonyl (C=O) groups excluding carboxylic acids is 3. The van der Waals surface area contributed by atoms with E-state index < -0.39 is 0 Å². The lowest BCUT2D eigenvalue weighted by Gasteiger charge is -2.26. The number of rotatable bonds is 8. The van der Waals surface area contributed by atoms with Crippen LogP contribution in [0.4, 0.5) is 5.69 Å². The number of likely N-dealkylation sites (N-methyl/N-ethyl adjacent to an activating group) is 1. The first-order valence-electron chi connectivity index (χ1n) is 10.2. The number of hydrogen-bond donors (Lipinski definition) is 2. The number of likely N-dealkylation sites (tertiary alicyclic amines) is 1. The van der Waals surface area contributed by atoms with Crippen LogP contribution in [-0.4, -0.2) is 67.3 Å². The van der Waals surface area contributed by atoms with Crippen molar-refractivity contribution in [3.8, 4) is 0 Å².